The predicted molar refractivity (Wildman–Crippen MR) is 73.5 cm³/mol. The molecule has 4 heteroatoms. The average molecular weight is 259 g/mol. The largest absolute Gasteiger partial charge is 0.491 e. The van der Waals surface area contributed by atoms with Crippen molar-refractivity contribution < 1.29 is 13.9 Å². The Labute approximate surface area is 112 Å². The highest BCUT2D eigenvalue weighted by molar-refractivity contribution is 6.02. The summed E-state index contributed by atoms with van der Waals surface area (Å²) in [4.78, 5) is 11.7. The molecule has 0 saturated carbocycles. The zero-order chi connectivity index (χ0) is 13.7. The van der Waals surface area contributed by atoms with E-state index < -0.39 is 0 Å². The van der Waals surface area contributed by atoms with Gasteiger partial charge in [-0.15, -0.1) is 0 Å². The molecule has 1 aromatic carbocycles. The summed E-state index contributed by atoms with van der Waals surface area (Å²) in [7, 11) is 0. The van der Waals surface area contributed by atoms with Crippen LogP contribution in [0.4, 0.5) is 5.69 Å². The Morgan fingerprint density at radius 1 is 1.32 bits per heavy atom. The molecule has 1 amide bonds. The highest BCUT2D eigenvalue weighted by atomic mass is 16.5. The van der Waals surface area contributed by atoms with Crippen molar-refractivity contribution in [1.29, 1.82) is 0 Å². The van der Waals surface area contributed by atoms with Crippen LogP contribution in [0.1, 0.15) is 30.8 Å². The first-order valence-corrected chi connectivity index (χ1v) is 6.30. The minimum absolute atomic E-state index is 0.184. The Hall–Kier alpha value is -2.23. The summed E-state index contributed by atoms with van der Waals surface area (Å²) < 4.78 is 10.7. The maximum Gasteiger partial charge on any atom is 0.291 e. The van der Waals surface area contributed by atoms with Gasteiger partial charge in [-0.2, -0.15) is 0 Å². The Bertz CT molecular complexity index is 517. The SMILES string of the molecule is CCC(C)Oc1ccc(NC(=O)c2ccco2)cc1. The molecule has 0 fully saturated rings. The summed E-state index contributed by atoms with van der Waals surface area (Å²) >= 11 is 0. The van der Waals surface area contributed by atoms with Crippen LogP contribution in [0, 0.1) is 0 Å². The van der Waals surface area contributed by atoms with Crippen LogP contribution < -0.4 is 10.1 Å². The Morgan fingerprint density at radius 3 is 2.63 bits per heavy atom. The predicted octanol–water partition coefficient (Wildman–Crippen LogP) is 3.71. The van der Waals surface area contributed by atoms with Crippen molar-refractivity contribution >= 4 is 11.6 Å². The molecule has 1 heterocycles. The number of hydrogen-bond donors (Lipinski definition) is 1. The third kappa shape index (κ3) is 3.61. The van der Waals surface area contributed by atoms with Gasteiger partial charge in [-0.05, 0) is 49.7 Å². The molecule has 100 valence electrons. The van der Waals surface area contributed by atoms with Crippen molar-refractivity contribution in [2.24, 2.45) is 0 Å². The fourth-order valence-corrected chi connectivity index (χ4v) is 1.53. The lowest BCUT2D eigenvalue weighted by molar-refractivity contribution is 0.0996. The number of furan rings is 1. The lowest BCUT2D eigenvalue weighted by Crippen LogP contribution is -2.11. The number of ether oxygens (including phenoxy) is 1. The fraction of sp³-hybridized carbons (Fsp3) is 0.267. The first kappa shape index (κ1) is 13.2. The molecular formula is C15H17NO3. The van der Waals surface area contributed by atoms with E-state index in [0.717, 1.165) is 12.2 Å². The summed E-state index contributed by atoms with van der Waals surface area (Å²) in [6.45, 7) is 4.09. The van der Waals surface area contributed by atoms with Crippen molar-refractivity contribution in [3.05, 3.63) is 48.4 Å². The van der Waals surface area contributed by atoms with Gasteiger partial charge in [0.25, 0.3) is 5.91 Å². The summed E-state index contributed by atoms with van der Waals surface area (Å²) in [5.74, 6) is 0.825. The smallest absolute Gasteiger partial charge is 0.291 e. The van der Waals surface area contributed by atoms with Crippen molar-refractivity contribution in [3.8, 4) is 5.75 Å². The van der Waals surface area contributed by atoms with E-state index in [9.17, 15) is 4.79 Å². The molecule has 1 N–H and O–H groups in total. The number of carbonyl (C=O) groups is 1. The van der Waals surface area contributed by atoms with Gasteiger partial charge in [-0.3, -0.25) is 4.79 Å². The lowest BCUT2D eigenvalue weighted by atomic mass is 10.2. The van der Waals surface area contributed by atoms with Gasteiger partial charge in [0.2, 0.25) is 0 Å². The van der Waals surface area contributed by atoms with Gasteiger partial charge in [-0.1, -0.05) is 6.92 Å². The van der Waals surface area contributed by atoms with Crippen molar-refractivity contribution in [2.45, 2.75) is 26.4 Å². The van der Waals surface area contributed by atoms with Crippen LogP contribution in [0.5, 0.6) is 5.75 Å². The van der Waals surface area contributed by atoms with Crippen LogP contribution in [0.15, 0.2) is 47.1 Å². The molecule has 4 nitrogen and oxygen atoms in total. The Morgan fingerprint density at radius 2 is 2.05 bits per heavy atom. The van der Waals surface area contributed by atoms with Gasteiger partial charge in [-0.25, -0.2) is 0 Å². The molecule has 0 aliphatic rings. The number of benzene rings is 1. The van der Waals surface area contributed by atoms with Gasteiger partial charge >= 0.3 is 0 Å². The highest BCUT2D eigenvalue weighted by Gasteiger charge is 2.08. The molecule has 0 saturated heterocycles. The minimum Gasteiger partial charge on any atom is -0.491 e. The maximum absolute atomic E-state index is 11.7. The summed E-state index contributed by atoms with van der Waals surface area (Å²) in [6, 6.07) is 10.6. The van der Waals surface area contributed by atoms with Gasteiger partial charge in [0.1, 0.15) is 5.75 Å². The first-order valence-electron chi connectivity index (χ1n) is 6.30. The molecule has 1 unspecified atom stereocenters. The van der Waals surface area contributed by atoms with Crippen LogP contribution in [0.2, 0.25) is 0 Å². The monoisotopic (exact) mass is 259 g/mol. The van der Waals surface area contributed by atoms with E-state index >= 15 is 0 Å². The number of amides is 1. The standard InChI is InChI=1S/C15H17NO3/c1-3-11(2)19-13-8-6-12(7-9-13)16-15(17)14-5-4-10-18-14/h4-11H,3H2,1-2H3,(H,16,17). The van der Waals surface area contributed by atoms with Crippen molar-refractivity contribution in [1.82, 2.24) is 0 Å². The Kier molecular flexibility index (Phi) is 4.23. The van der Waals surface area contributed by atoms with Crippen LogP contribution in [-0.4, -0.2) is 12.0 Å². The third-order valence-corrected chi connectivity index (χ3v) is 2.77. The summed E-state index contributed by atoms with van der Waals surface area (Å²) in [6.07, 6.45) is 2.61. The third-order valence-electron chi connectivity index (χ3n) is 2.77. The van der Waals surface area contributed by atoms with E-state index in [1.54, 1.807) is 24.3 Å². The molecule has 0 aliphatic heterocycles. The molecule has 2 rings (SSSR count). The first-order chi connectivity index (χ1) is 9.19. The van der Waals surface area contributed by atoms with E-state index in [1.165, 1.54) is 6.26 Å². The number of nitrogens with one attached hydrogen (secondary N) is 1. The number of anilines is 1. The zero-order valence-electron chi connectivity index (χ0n) is 11.1. The number of rotatable bonds is 5. The van der Waals surface area contributed by atoms with E-state index in [-0.39, 0.29) is 12.0 Å². The van der Waals surface area contributed by atoms with Crippen LogP contribution in [-0.2, 0) is 0 Å². The highest BCUT2D eigenvalue weighted by Crippen LogP contribution is 2.18. The van der Waals surface area contributed by atoms with Crippen molar-refractivity contribution in [2.75, 3.05) is 5.32 Å². The number of carbonyl (C=O) groups excluding carboxylic acids is 1. The van der Waals surface area contributed by atoms with Crippen molar-refractivity contribution in [3.63, 3.8) is 0 Å². The molecule has 1 atom stereocenters. The van der Waals surface area contributed by atoms with E-state index in [2.05, 4.69) is 12.2 Å². The van der Waals surface area contributed by atoms with E-state index in [4.69, 9.17) is 9.15 Å². The molecule has 0 radical (unpaired) electrons. The van der Waals surface area contributed by atoms with Gasteiger partial charge < -0.3 is 14.5 Å². The van der Waals surface area contributed by atoms with E-state index in [0.29, 0.717) is 11.4 Å². The fourth-order valence-electron chi connectivity index (χ4n) is 1.53. The summed E-state index contributed by atoms with van der Waals surface area (Å²) in [5, 5.41) is 2.75. The van der Waals surface area contributed by atoms with Crippen LogP contribution >= 0.6 is 0 Å². The van der Waals surface area contributed by atoms with E-state index in [1.807, 2.05) is 19.1 Å². The minimum atomic E-state index is -0.263. The second-order valence-corrected chi connectivity index (χ2v) is 4.29. The maximum atomic E-state index is 11.7. The second kappa shape index (κ2) is 6.09. The van der Waals surface area contributed by atoms with Crippen LogP contribution in [0.25, 0.3) is 0 Å². The molecule has 0 bridgehead atoms. The van der Waals surface area contributed by atoms with Gasteiger partial charge in [0.15, 0.2) is 5.76 Å². The number of hydrogen-bond acceptors (Lipinski definition) is 3. The molecule has 19 heavy (non-hydrogen) atoms. The summed E-state index contributed by atoms with van der Waals surface area (Å²) in [5.41, 5.74) is 0.706. The topological polar surface area (TPSA) is 51.5 Å². The lowest BCUT2D eigenvalue weighted by Gasteiger charge is -2.12. The molecule has 1 aromatic heterocycles. The van der Waals surface area contributed by atoms with Gasteiger partial charge in [0, 0.05) is 5.69 Å². The molecular weight excluding hydrogens is 242 g/mol. The normalized spacial score (nSPS) is 11.9. The van der Waals surface area contributed by atoms with Crippen LogP contribution in [0.3, 0.4) is 0 Å². The Balaban J connectivity index is 1.97. The molecule has 0 spiro atoms. The average Bonchev–Trinajstić information content (AvgIpc) is 2.95. The van der Waals surface area contributed by atoms with Gasteiger partial charge in [0.05, 0.1) is 12.4 Å². The molecule has 2 aromatic rings. The quantitative estimate of drug-likeness (QED) is 0.890. The zero-order valence-corrected chi connectivity index (χ0v) is 11.1. The molecule has 0 aliphatic carbocycles. The second-order valence-electron chi connectivity index (χ2n) is 4.29.